The number of amides is 2. The Morgan fingerprint density at radius 2 is 1.91 bits per heavy atom. The molecular weight excluding hydrogens is 415 g/mol. The van der Waals surface area contributed by atoms with E-state index in [1.54, 1.807) is 17.0 Å². The number of nitrogens with zero attached hydrogens (tertiary/aromatic N) is 2. The average molecular weight is 444 g/mol. The molecule has 7 heteroatoms. The second-order valence-electron chi connectivity index (χ2n) is 8.62. The van der Waals surface area contributed by atoms with Crippen LogP contribution in [-0.4, -0.2) is 48.6 Å². The van der Waals surface area contributed by atoms with Gasteiger partial charge in [-0.1, -0.05) is 48.5 Å². The molecule has 0 radical (unpaired) electrons. The van der Waals surface area contributed by atoms with Gasteiger partial charge in [0.2, 0.25) is 0 Å². The lowest BCUT2D eigenvalue weighted by Gasteiger charge is -2.32. The molecule has 0 aromatic heterocycles. The lowest BCUT2D eigenvalue weighted by molar-refractivity contribution is -0.137. The monoisotopic (exact) mass is 443 g/mol. The van der Waals surface area contributed by atoms with Gasteiger partial charge in [-0.25, -0.2) is 4.79 Å². The molecule has 2 heterocycles. The number of likely N-dealkylation sites (tertiary alicyclic amines) is 1. The van der Waals surface area contributed by atoms with Crippen molar-refractivity contribution in [3.05, 3.63) is 83.4 Å². The lowest BCUT2D eigenvalue weighted by Crippen LogP contribution is -2.40. The van der Waals surface area contributed by atoms with Gasteiger partial charge in [0, 0.05) is 45.2 Å². The van der Waals surface area contributed by atoms with Crippen molar-refractivity contribution in [2.75, 3.05) is 32.7 Å². The highest BCUT2D eigenvalue weighted by Gasteiger charge is 2.39. The molecule has 170 valence electrons. The van der Waals surface area contributed by atoms with Crippen LogP contribution in [0.4, 0.5) is 18.0 Å². The van der Waals surface area contributed by atoms with Gasteiger partial charge in [0.1, 0.15) is 0 Å². The van der Waals surface area contributed by atoms with Crippen LogP contribution < -0.4 is 5.32 Å². The van der Waals surface area contributed by atoms with Crippen LogP contribution in [0.3, 0.4) is 0 Å². The van der Waals surface area contributed by atoms with Crippen molar-refractivity contribution < 1.29 is 18.0 Å². The molecule has 0 bridgehead atoms. The molecule has 0 aliphatic carbocycles. The number of nitrogens with one attached hydrogen (secondary N) is 1. The molecule has 32 heavy (non-hydrogen) atoms. The van der Waals surface area contributed by atoms with Crippen LogP contribution >= 0.6 is 0 Å². The van der Waals surface area contributed by atoms with Crippen LogP contribution in [0.5, 0.6) is 0 Å². The zero-order valence-corrected chi connectivity index (χ0v) is 17.9. The van der Waals surface area contributed by atoms with Crippen LogP contribution in [-0.2, 0) is 19.1 Å². The van der Waals surface area contributed by atoms with Crippen LogP contribution in [0.25, 0.3) is 0 Å². The Labute approximate surface area is 186 Å². The molecule has 0 saturated carbocycles. The molecule has 4 rings (SSSR count). The number of hydrogen-bond acceptors (Lipinski definition) is 2. The maximum absolute atomic E-state index is 13.3. The summed E-state index contributed by atoms with van der Waals surface area (Å²) in [5, 5.41) is 2.79. The van der Waals surface area contributed by atoms with Crippen molar-refractivity contribution in [3.63, 3.8) is 0 Å². The number of urea groups is 1. The third kappa shape index (κ3) is 4.99. The topological polar surface area (TPSA) is 35.6 Å². The zero-order chi connectivity index (χ0) is 22.7. The SMILES string of the molecule is C=CCNC(=O)N1CC(CN2CCc3ccccc3C2)C(c2cccc(C(F)(F)F)c2)C1. The van der Waals surface area contributed by atoms with Crippen LogP contribution in [0.1, 0.15) is 28.2 Å². The molecular formula is C25H28F3N3O. The minimum absolute atomic E-state index is 0.0539. The summed E-state index contributed by atoms with van der Waals surface area (Å²) in [6.45, 7) is 7.36. The summed E-state index contributed by atoms with van der Waals surface area (Å²) in [7, 11) is 0. The van der Waals surface area contributed by atoms with Gasteiger partial charge in [-0.05, 0) is 35.1 Å². The molecule has 1 N–H and O–H groups in total. The average Bonchev–Trinajstić information content (AvgIpc) is 3.21. The smallest absolute Gasteiger partial charge is 0.335 e. The minimum Gasteiger partial charge on any atom is -0.335 e. The van der Waals surface area contributed by atoms with Gasteiger partial charge < -0.3 is 10.2 Å². The number of rotatable bonds is 5. The molecule has 0 spiro atoms. The highest BCUT2D eigenvalue weighted by Crippen LogP contribution is 2.37. The van der Waals surface area contributed by atoms with Crippen molar-refractivity contribution in [2.24, 2.45) is 5.92 Å². The molecule has 2 unspecified atom stereocenters. The van der Waals surface area contributed by atoms with Gasteiger partial charge in [0.05, 0.1) is 5.56 Å². The van der Waals surface area contributed by atoms with E-state index in [1.165, 1.54) is 23.3 Å². The molecule has 2 aliphatic rings. The summed E-state index contributed by atoms with van der Waals surface area (Å²) in [5.74, 6) is -0.0952. The number of carbonyl (C=O) groups is 1. The number of carbonyl (C=O) groups excluding carboxylic acids is 1. The maximum Gasteiger partial charge on any atom is 0.416 e. The summed E-state index contributed by atoms with van der Waals surface area (Å²) < 4.78 is 40.0. The first kappa shape index (κ1) is 22.4. The van der Waals surface area contributed by atoms with Gasteiger partial charge in [0.15, 0.2) is 0 Å². The predicted octanol–water partition coefficient (Wildman–Crippen LogP) is 4.67. The highest BCUT2D eigenvalue weighted by atomic mass is 19.4. The Morgan fingerprint density at radius 3 is 2.66 bits per heavy atom. The molecule has 2 aromatic carbocycles. The first-order valence-corrected chi connectivity index (χ1v) is 10.9. The number of hydrogen-bond donors (Lipinski definition) is 1. The van der Waals surface area contributed by atoms with E-state index in [9.17, 15) is 18.0 Å². The van der Waals surface area contributed by atoms with Gasteiger partial charge in [-0.2, -0.15) is 13.2 Å². The van der Waals surface area contributed by atoms with Crippen LogP contribution in [0.15, 0.2) is 61.2 Å². The largest absolute Gasteiger partial charge is 0.416 e. The molecule has 2 amide bonds. The van der Waals surface area contributed by atoms with Gasteiger partial charge in [-0.3, -0.25) is 4.90 Å². The first-order valence-electron chi connectivity index (χ1n) is 10.9. The van der Waals surface area contributed by atoms with E-state index < -0.39 is 11.7 Å². The first-order chi connectivity index (χ1) is 15.3. The number of halogens is 3. The van der Waals surface area contributed by atoms with Crippen molar-refractivity contribution in [2.45, 2.75) is 25.1 Å². The van der Waals surface area contributed by atoms with Crippen molar-refractivity contribution in [3.8, 4) is 0 Å². The van der Waals surface area contributed by atoms with Crippen molar-refractivity contribution in [1.29, 1.82) is 0 Å². The maximum atomic E-state index is 13.3. The molecule has 1 fully saturated rings. The van der Waals surface area contributed by atoms with Crippen molar-refractivity contribution in [1.82, 2.24) is 15.1 Å². The molecule has 2 aliphatic heterocycles. The third-order valence-electron chi connectivity index (χ3n) is 6.47. The van der Waals surface area contributed by atoms with Crippen LogP contribution in [0, 0.1) is 5.92 Å². The van der Waals surface area contributed by atoms with E-state index in [0.29, 0.717) is 25.2 Å². The normalized spacial score (nSPS) is 21.3. The summed E-state index contributed by atoms with van der Waals surface area (Å²) in [4.78, 5) is 16.7. The second-order valence-corrected chi connectivity index (χ2v) is 8.62. The minimum atomic E-state index is -4.39. The van der Waals surface area contributed by atoms with E-state index in [-0.39, 0.29) is 17.9 Å². The van der Waals surface area contributed by atoms with E-state index in [4.69, 9.17) is 0 Å². The Morgan fingerprint density at radius 1 is 1.12 bits per heavy atom. The number of fused-ring (bicyclic) bond motifs is 1. The van der Waals surface area contributed by atoms with Crippen LogP contribution in [0.2, 0.25) is 0 Å². The van der Waals surface area contributed by atoms with Crippen molar-refractivity contribution >= 4 is 6.03 Å². The summed E-state index contributed by atoms with van der Waals surface area (Å²) in [5.41, 5.74) is 2.65. The van der Waals surface area contributed by atoms with Gasteiger partial charge in [-0.15, -0.1) is 6.58 Å². The fourth-order valence-corrected chi connectivity index (χ4v) is 4.86. The summed E-state index contributed by atoms with van der Waals surface area (Å²) >= 11 is 0. The second kappa shape index (κ2) is 9.36. The van der Waals surface area contributed by atoms with E-state index in [1.807, 2.05) is 6.07 Å². The summed E-state index contributed by atoms with van der Waals surface area (Å²) in [6.07, 6.45) is -1.82. The van der Waals surface area contributed by atoms with E-state index in [0.717, 1.165) is 32.1 Å². The standard InChI is InChI=1S/C25H28F3N3O/c1-2-11-29-24(32)31-16-21(15-30-12-10-18-6-3-4-7-20(18)14-30)23(17-31)19-8-5-9-22(13-19)25(26,27)28/h2-9,13,21,23H,1,10-12,14-17H2,(H,29,32). The lowest BCUT2D eigenvalue weighted by atomic mass is 9.87. The highest BCUT2D eigenvalue weighted by molar-refractivity contribution is 5.74. The number of alkyl halides is 3. The molecule has 2 aromatic rings. The third-order valence-corrected chi connectivity index (χ3v) is 6.47. The fourth-order valence-electron chi connectivity index (χ4n) is 4.86. The Hall–Kier alpha value is -2.80. The predicted molar refractivity (Wildman–Crippen MR) is 118 cm³/mol. The van der Waals surface area contributed by atoms with Gasteiger partial charge >= 0.3 is 12.2 Å². The number of benzene rings is 2. The molecule has 4 nitrogen and oxygen atoms in total. The quantitative estimate of drug-likeness (QED) is 0.682. The molecule has 2 atom stereocenters. The Kier molecular flexibility index (Phi) is 6.55. The zero-order valence-electron chi connectivity index (χ0n) is 17.9. The van der Waals surface area contributed by atoms with E-state index in [2.05, 4.69) is 35.0 Å². The van der Waals surface area contributed by atoms with E-state index >= 15 is 0 Å². The molecule has 1 saturated heterocycles. The van der Waals surface area contributed by atoms with Gasteiger partial charge in [0.25, 0.3) is 0 Å². The summed E-state index contributed by atoms with van der Waals surface area (Å²) in [6, 6.07) is 13.7. The Balaban J connectivity index is 1.55. The fraction of sp³-hybridized carbons (Fsp3) is 0.400. The Bertz CT molecular complexity index is 975.